The van der Waals surface area contributed by atoms with Gasteiger partial charge in [0.1, 0.15) is 11.0 Å². The van der Waals surface area contributed by atoms with Crippen molar-refractivity contribution in [2.24, 2.45) is 5.41 Å². The third kappa shape index (κ3) is 0.684. The normalized spacial score (nSPS) is 47.0. The summed E-state index contributed by atoms with van der Waals surface area (Å²) < 4.78 is 10.9. The Bertz CT molecular complexity index is 302. The minimum Gasteiger partial charge on any atom is -0.469 e. The number of hydrogen-bond donors (Lipinski definition) is 1. The lowest BCUT2D eigenvalue weighted by Crippen LogP contribution is -2.68. The molecular formula is C10H15NO3. The summed E-state index contributed by atoms with van der Waals surface area (Å²) in [6.07, 6.45) is 1.66. The number of esters is 1. The van der Waals surface area contributed by atoms with Crippen LogP contribution in [-0.2, 0) is 14.3 Å². The van der Waals surface area contributed by atoms with Crippen LogP contribution in [0.3, 0.4) is 0 Å². The fourth-order valence-corrected chi connectivity index (χ4v) is 3.48. The van der Waals surface area contributed by atoms with Gasteiger partial charge in [-0.05, 0) is 19.8 Å². The number of methoxy groups -OCH3 is 1. The molecule has 3 aliphatic heterocycles. The molecule has 1 saturated carbocycles. The number of rotatable bonds is 1. The molecule has 4 fully saturated rings. The number of carbonyl (C=O) groups is 1. The second kappa shape index (κ2) is 2.14. The number of nitrogens with one attached hydrogen (secondary N) is 1. The van der Waals surface area contributed by atoms with Gasteiger partial charge in [-0.25, -0.2) is 0 Å². The summed E-state index contributed by atoms with van der Waals surface area (Å²) in [5, 5.41) is 3.19. The fraction of sp³-hybridized carbons (Fsp3) is 0.900. The van der Waals surface area contributed by atoms with Crippen molar-refractivity contribution in [2.45, 2.75) is 31.0 Å². The summed E-state index contributed by atoms with van der Waals surface area (Å²) in [5.74, 6) is -0.0889. The van der Waals surface area contributed by atoms with E-state index in [9.17, 15) is 4.79 Å². The Morgan fingerprint density at radius 1 is 1.43 bits per heavy atom. The fourth-order valence-electron chi connectivity index (χ4n) is 3.48. The molecule has 4 nitrogen and oxygen atoms in total. The van der Waals surface area contributed by atoms with Crippen LogP contribution in [0.2, 0.25) is 0 Å². The molecule has 0 aromatic heterocycles. The Morgan fingerprint density at radius 2 is 2.07 bits per heavy atom. The van der Waals surface area contributed by atoms with E-state index in [2.05, 4.69) is 12.2 Å². The first kappa shape index (κ1) is 8.68. The third-order valence-electron chi connectivity index (χ3n) is 4.06. The second-order valence-electron chi connectivity index (χ2n) is 5.08. The van der Waals surface area contributed by atoms with Gasteiger partial charge < -0.3 is 14.8 Å². The lowest BCUT2D eigenvalue weighted by atomic mass is 9.55. The molecular weight excluding hydrogens is 182 g/mol. The molecule has 0 amide bonds. The predicted molar refractivity (Wildman–Crippen MR) is 48.8 cm³/mol. The first-order chi connectivity index (χ1) is 6.56. The first-order valence-electron chi connectivity index (χ1n) is 5.05. The zero-order valence-electron chi connectivity index (χ0n) is 8.55. The van der Waals surface area contributed by atoms with Crippen molar-refractivity contribution in [1.82, 2.24) is 5.32 Å². The smallest absolute Gasteiger partial charge is 0.315 e. The first-order valence-corrected chi connectivity index (χ1v) is 5.05. The molecule has 78 valence electrons. The van der Waals surface area contributed by atoms with E-state index in [4.69, 9.17) is 9.47 Å². The minimum atomic E-state index is -0.345. The van der Waals surface area contributed by atoms with Crippen molar-refractivity contribution >= 4 is 5.97 Å². The monoisotopic (exact) mass is 197 g/mol. The summed E-state index contributed by atoms with van der Waals surface area (Å²) in [6, 6.07) is 0. The molecule has 1 N–H and O–H groups in total. The van der Waals surface area contributed by atoms with Crippen LogP contribution in [0.1, 0.15) is 19.8 Å². The van der Waals surface area contributed by atoms with Gasteiger partial charge in [-0.15, -0.1) is 0 Å². The molecule has 0 aromatic rings. The summed E-state index contributed by atoms with van der Waals surface area (Å²) in [7, 11) is 1.46. The van der Waals surface area contributed by atoms with Gasteiger partial charge in [-0.2, -0.15) is 0 Å². The molecule has 4 heteroatoms. The third-order valence-corrected chi connectivity index (χ3v) is 4.06. The molecule has 0 atom stereocenters. The Balaban J connectivity index is 1.97. The van der Waals surface area contributed by atoms with E-state index in [0.717, 1.165) is 25.9 Å². The van der Waals surface area contributed by atoms with Crippen LogP contribution >= 0.6 is 0 Å². The molecule has 1 spiro atoms. The van der Waals surface area contributed by atoms with E-state index < -0.39 is 0 Å². The van der Waals surface area contributed by atoms with Gasteiger partial charge in [0.2, 0.25) is 0 Å². The maximum Gasteiger partial charge on any atom is 0.315 e. The van der Waals surface area contributed by atoms with Crippen molar-refractivity contribution in [3.05, 3.63) is 0 Å². The van der Waals surface area contributed by atoms with Gasteiger partial charge in [0, 0.05) is 13.1 Å². The average molecular weight is 197 g/mol. The minimum absolute atomic E-state index is 0.0731. The van der Waals surface area contributed by atoms with Crippen molar-refractivity contribution in [3.8, 4) is 0 Å². The van der Waals surface area contributed by atoms with Crippen LogP contribution in [0.4, 0.5) is 0 Å². The number of ether oxygens (including phenoxy) is 2. The molecule has 4 rings (SSSR count). The van der Waals surface area contributed by atoms with Gasteiger partial charge >= 0.3 is 5.97 Å². The summed E-state index contributed by atoms with van der Waals surface area (Å²) in [6.45, 7) is 3.66. The number of carbonyl (C=O) groups excluding carboxylic acids is 1. The molecule has 4 aliphatic rings. The Hall–Kier alpha value is -0.610. The molecule has 0 unspecified atom stereocenters. The van der Waals surface area contributed by atoms with E-state index in [1.165, 1.54) is 7.11 Å². The van der Waals surface area contributed by atoms with Gasteiger partial charge in [0.15, 0.2) is 0 Å². The Morgan fingerprint density at radius 3 is 2.50 bits per heavy atom. The molecule has 2 bridgehead atoms. The van der Waals surface area contributed by atoms with Crippen LogP contribution in [0.25, 0.3) is 0 Å². The molecule has 14 heavy (non-hydrogen) atoms. The lowest BCUT2D eigenvalue weighted by molar-refractivity contribution is -0.165. The van der Waals surface area contributed by atoms with Gasteiger partial charge in [-0.3, -0.25) is 4.79 Å². The predicted octanol–water partition coefficient (Wildman–Crippen LogP) is 0.0705. The molecule has 3 heterocycles. The van der Waals surface area contributed by atoms with Crippen LogP contribution in [0, 0.1) is 5.41 Å². The van der Waals surface area contributed by atoms with Gasteiger partial charge in [-0.1, -0.05) is 0 Å². The van der Waals surface area contributed by atoms with Crippen molar-refractivity contribution in [3.63, 3.8) is 0 Å². The topological polar surface area (TPSA) is 47.6 Å². The SMILES string of the molecule is COC(=O)C12CC(C)(C1)OC21CNC1. The van der Waals surface area contributed by atoms with E-state index in [1.54, 1.807) is 0 Å². The van der Waals surface area contributed by atoms with Gasteiger partial charge in [0.25, 0.3) is 0 Å². The van der Waals surface area contributed by atoms with E-state index in [0.29, 0.717) is 0 Å². The maximum atomic E-state index is 11.8. The van der Waals surface area contributed by atoms with E-state index in [-0.39, 0.29) is 22.6 Å². The number of hydrogen-bond acceptors (Lipinski definition) is 4. The molecule has 0 aromatic carbocycles. The van der Waals surface area contributed by atoms with Crippen LogP contribution < -0.4 is 5.32 Å². The lowest BCUT2D eigenvalue weighted by Gasteiger charge is -2.48. The summed E-state index contributed by atoms with van der Waals surface area (Å²) >= 11 is 0. The standard InChI is InChI=1S/C10H15NO3/c1-8-3-9(4-8,7(12)13-2)10(14-8)5-11-6-10/h11H,3-6H2,1-2H3. The Labute approximate surface area is 82.9 Å². The highest BCUT2D eigenvalue weighted by Gasteiger charge is 2.78. The van der Waals surface area contributed by atoms with Crippen molar-refractivity contribution in [2.75, 3.05) is 20.2 Å². The van der Waals surface area contributed by atoms with Crippen LogP contribution in [-0.4, -0.2) is 37.4 Å². The maximum absolute atomic E-state index is 11.8. The molecule has 0 radical (unpaired) electrons. The Kier molecular flexibility index (Phi) is 1.33. The van der Waals surface area contributed by atoms with Gasteiger partial charge in [0.05, 0.1) is 12.7 Å². The highest BCUT2D eigenvalue weighted by Crippen LogP contribution is 2.67. The van der Waals surface area contributed by atoms with Crippen molar-refractivity contribution in [1.29, 1.82) is 0 Å². The largest absolute Gasteiger partial charge is 0.469 e. The molecule has 3 saturated heterocycles. The van der Waals surface area contributed by atoms with E-state index >= 15 is 0 Å². The summed E-state index contributed by atoms with van der Waals surface area (Å²) in [4.78, 5) is 11.8. The highest BCUT2D eigenvalue weighted by atomic mass is 16.6. The van der Waals surface area contributed by atoms with Crippen LogP contribution in [0.15, 0.2) is 0 Å². The van der Waals surface area contributed by atoms with E-state index in [1.807, 2.05) is 0 Å². The van der Waals surface area contributed by atoms with Crippen LogP contribution in [0.5, 0.6) is 0 Å². The van der Waals surface area contributed by atoms with Crippen molar-refractivity contribution < 1.29 is 14.3 Å². The summed E-state index contributed by atoms with van der Waals surface area (Å²) in [5.41, 5.74) is -0.674. The second-order valence-corrected chi connectivity index (χ2v) is 5.08. The quantitative estimate of drug-likeness (QED) is 0.604. The average Bonchev–Trinajstić information content (AvgIpc) is 2.47. The zero-order chi connectivity index (χ0) is 10.0. The zero-order valence-corrected chi connectivity index (χ0v) is 8.55. The molecule has 1 aliphatic carbocycles. The highest BCUT2D eigenvalue weighted by molar-refractivity contribution is 5.82.